The molecule has 0 aliphatic carbocycles. The van der Waals surface area contributed by atoms with E-state index in [0.717, 1.165) is 31.7 Å². The van der Waals surface area contributed by atoms with Crippen LogP contribution in [0.2, 0.25) is 0 Å². The predicted molar refractivity (Wildman–Crippen MR) is 80.4 cm³/mol. The number of hydrogen-bond acceptors (Lipinski definition) is 2. The highest BCUT2D eigenvalue weighted by atomic mass is 19.1. The zero-order valence-corrected chi connectivity index (χ0v) is 11.7. The molecule has 104 valence electrons. The van der Waals surface area contributed by atoms with Crippen LogP contribution in [0.5, 0.6) is 0 Å². The van der Waals surface area contributed by atoms with E-state index in [1.165, 1.54) is 16.7 Å². The van der Waals surface area contributed by atoms with Crippen LogP contribution < -0.4 is 10.2 Å². The lowest BCUT2D eigenvalue weighted by atomic mass is 10.1. The van der Waals surface area contributed by atoms with E-state index in [2.05, 4.69) is 34.5 Å². The van der Waals surface area contributed by atoms with Crippen LogP contribution in [0.15, 0.2) is 42.5 Å². The Kier molecular flexibility index (Phi) is 3.70. The van der Waals surface area contributed by atoms with Gasteiger partial charge in [0.2, 0.25) is 0 Å². The zero-order chi connectivity index (χ0) is 13.9. The third-order valence-electron chi connectivity index (χ3n) is 3.78. The molecular formula is C17H19FN2. The fourth-order valence-corrected chi connectivity index (χ4v) is 2.85. The molecule has 0 saturated carbocycles. The van der Waals surface area contributed by atoms with Gasteiger partial charge in [-0.05, 0) is 42.3 Å². The third kappa shape index (κ3) is 2.68. The molecule has 1 aliphatic rings. The first-order chi connectivity index (χ1) is 9.76. The van der Waals surface area contributed by atoms with E-state index in [9.17, 15) is 4.39 Å². The molecule has 0 aromatic heterocycles. The van der Waals surface area contributed by atoms with Gasteiger partial charge in [-0.15, -0.1) is 0 Å². The summed E-state index contributed by atoms with van der Waals surface area (Å²) in [5.41, 5.74) is 4.85. The highest BCUT2D eigenvalue weighted by Gasteiger charge is 2.19. The molecule has 2 aromatic rings. The quantitative estimate of drug-likeness (QED) is 0.918. The Labute approximate surface area is 119 Å². The van der Waals surface area contributed by atoms with Crippen molar-refractivity contribution >= 4 is 5.69 Å². The van der Waals surface area contributed by atoms with E-state index in [4.69, 9.17) is 0 Å². The topological polar surface area (TPSA) is 15.3 Å². The minimum Gasteiger partial charge on any atom is -0.367 e. The van der Waals surface area contributed by atoms with Crippen molar-refractivity contribution in [2.75, 3.05) is 18.5 Å². The third-order valence-corrected chi connectivity index (χ3v) is 3.78. The lowest BCUT2D eigenvalue weighted by Crippen LogP contribution is -2.20. The number of nitrogens with one attached hydrogen (secondary N) is 1. The normalized spacial score (nSPS) is 13.6. The number of fused-ring (bicyclic) bond motifs is 1. The van der Waals surface area contributed by atoms with Crippen molar-refractivity contribution in [3.05, 3.63) is 65.0 Å². The molecular weight excluding hydrogens is 251 g/mol. The molecule has 20 heavy (non-hydrogen) atoms. The Balaban J connectivity index is 1.80. The van der Waals surface area contributed by atoms with E-state index < -0.39 is 0 Å². The molecule has 0 spiro atoms. The molecule has 2 nitrogen and oxygen atoms in total. The van der Waals surface area contributed by atoms with Crippen molar-refractivity contribution in [1.29, 1.82) is 0 Å². The zero-order valence-electron chi connectivity index (χ0n) is 11.7. The van der Waals surface area contributed by atoms with Crippen molar-refractivity contribution in [3.8, 4) is 0 Å². The van der Waals surface area contributed by atoms with Gasteiger partial charge in [0.1, 0.15) is 5.82 Å². The molecule has 1 heterocycles. The first-order valence-corrected chi connectivity index (χ1v) is 7.02. The number of hydrogen-bond donors (Lipinski definition) is 1. The molecule has 0 bridgehead atoms. The summed E-state index contributed by atoms with van der Waals surface area (Å²) in [5, 5.41) is 3.16. The number of benzene rings is 2. The van der Waals surface area contributed by atoms with E-state index in [0.29, 0.717) is 0 Å². The first kappa shape index (κ1) is 13.1. The van der Waals surface area contributed by atoms with Crippen LogP contribution in [0.1, 0.15) is 16.7 Å². The average molecular weight is 270 g/mol. The molecule has 2 aromatic carbocycles. The maximum atomic E-state index is 13.4. The second kappa shape index (κ2) is 5.63. The van der Waals surface area contributed by atoms with Crippen molar-refractivity contribution < 1.29 is 4.39 Å². The highest BCUT2D eigenvalue weighted by molar-refractivity contribution is 5.58. The van der Waals surface area contributed by atoms with Gasteiger partial charge < -0.3 is 10.2 Å². The maximum absolute atomic E-state index is 13.4. The fourth-order valence-electron chi connectivity index (χ4n) is 2.85. The lowest BCUT2D eigenvalue weighted by molar-refractivity contribution is 0.627. The summed E-state index contributed by atoms with van der Waals surface area (Å²) in [6.45, 7) is 2.68. The maximum Gasteiger partial charge on any atom is 0.125 e. The SMILES string of the molecule is CNCc1cccc(CN2CCc3ccc(F)cc32)c1. The minimum atomic E-state index is -0.153. The molecule has 3 rings (SSSR count). The summed E-state index contributed by atoms with van der Waals surface area (Å²) in [6, 6.07) is 13.7. The van der Waals surface area contributed by atoms with Gasteiger partial charge in [0.15, 0.2) is 0 Å². The van der Waals surface area contributed by atoms with E-state index >= 15 is 0 Å². The first-order valence-electron chi connectivity index (χ1n) is 7.02. The predicted octanol–water partition coefficient (Wildman–Crippen LogP) is 3.11. The number of nitrogens with zero attached hydrogens (tertiary/aromatic N) is 1. The number of halogens is 1. The van der Waals surface area contributed by atoms with Crippen LogP contribution in [0.4, 0.5) is 10.1 Å². The van der Waals surface area contributed by atoms with Crippen LogP contribution in [-0.4, -0.2) is 13.6 Å². The summed E-state index contributed by atoms with van der Waals surface area (Å²) < 4.78 is 13.4. The summed E-state index contributed by atoms with van der Waals surface area (Å²) in [6.07, 6.45) is 1.01. The Bertz CT molecular complexity index is 610. The van der Waals surface area contributed by atoms with E-state index in [1.807, 2.05) is 13.1 Å². The molecule has 0 amide bonds. The van der Waals surface area contributed by atoms with E-state index in [1.54, 1.807) is 12.1 Å². The number of anilines is 1. The monoisotopic (exact) mass is 270 g/mol. The molecule has 0 atom stereocenters. The lowest BCUT2D eigenvalue weighted by Gasteiger charge is -2.20. The molecule has 0 saturated heterocycles. The van der Waals surface area contributed by atoms with Crippen molar-refractivity contribution in [3.63, 3.8) is 0 Å². The average Bonchev–Trinajstić information content (AvgIpc) is 2.82. The molecule has 1 N–H and O–H groups in total. The van der Waals surface area contributed by atoms with Crippen LogP contribution in [0, 0.1) is 5.82 Å². The molecule has 0 radical (unpaired) electrons. The summed E-state index contributed by atoms with van der Waals surface area (Å²) in [5.74, 6) is -0.153. The van der Waals surface area contributed by atoms with Crippen LogP contribution in [0.25, 0.3) is 0 Å². The van der Waals surface area contributed by atoms with Gasteiger partial charge in [0.05, 0.1) is 0 Å². The minimum absolute atomic E-state index is 0.153. The second-order valence-corrected chi connectivity index (χ2v) is 5.29. The van der Waals surface area contributed by atoms with Gasteiger partial charge in [-0.3, -0.25) is 0 Å². The van der Waals surface area contributed by atoms with Gasteiger partial charge in [0.25, 0.3) is 0 Å². The Morgan fingerprint density at radius 2 is 2.00 bits per heavy atom. The van der Waals surface area contributed by atoms with Crippen molar-refractivity contribution in [2.45, 2.75) is 19.5 Å². The number of rotatable bonds is 4. The van der Waals surface area contributed by atoms with Crippen molar-refractivity contribution in [1.82, 2.24) is 5.32 Å². The summed E-state index contributed by atoms with van der Waals surface area (Å²) in [7, 11) is 1.95. The largest absolute Gasteiger partial charge is 0.367 e. The summed E-state index contributed by atoms with van der Waals surface area (Å²) in [4.78, 5) is 2.26. The molecule has 1 aliphatic heterocycles. The second-order valence-electron chi connectivity index (χ2n) is 5.29. The van der Waals surface area contributed by atoms with Crippen LogP contribution in [0.3, 0.4) is 0 Å². The fraction of sp³-hybridized carbons (Fsp3) is 0.294. The van der Waals surface area contributed by atoms with Gasteiger partial charge in [-0.2, -0.15) is 0 Å². The van der Waals surface area contributed by atoms with Gasteiger partial charge in [-0.1, -0.05) is 30.3 Å². The van der Waals surface area contributed by atoms with Gasteiger partial charge >= 0.3 is 0 Å². The highest BCUT2D eigenvalue weighted by Crippen LogP contribution is 2.30. The molecule has 3 heteroatoms. The van der Waals surface area contributed by atoms with Crippen LogP contribution >= 0.6 is 0 Å². The molecule has 0 unspecified atom stereocenters. The Morgan fingerprint density at radius 1 is 1.15 bits per heavy atom. The molecule has 0 fully saturated rings. The van der Waals surface area contributed by atoms with E-state index in [-0.39, 0.29) is 5.82 Å². The Morgan fingerprint density at radius 3 is 2.85 bits per heavy atom. The van der Waals surface area contributed by atoms with Gasteiger partial charge in [0, 0.05) is 25.3 Å². The van der Waals surface area contributed by atoms with Crippen molar-refractivity contribution in [2.24, 2.45) is 0 Å². The van der Waals surface area contributed by atoms with Crippen LogP contribution in [-0.2, 0) is 19.5 Å². The Hall–Kier alpha value is -1.87. The standard InChI is InChI=1S/C17H19FN2/c1-19-11-13-3-2-4-14(9-13)12-20-8-7-15-5-6-16(18)10-17(15)20/h2-6,9-10,19H,7-8,11-12H2,1H3. The van der Waals surface area contributed by atoms with Gasteiger partial charge in [-0.25, -0.2) is 4.39 Å². The summed E-state index contributed by atoms with van der Waals surface area (Å²) >= 11 is 0. The smallest absolute Gasteiger partial charge is 0.125 e.